The van der Waals surface area contributed by atoms with Crippen molar-refractivity contribution in [2.75, 3.05) is 13.1 Å². The third kappa shape index (κ3) is 2.05. The van der Waals surface area contributed by atoms with Crippen LogP contribution in [0.4, 0.5) is 0 Å². The minimum Gasteiger partial charge on any atom is -0.274 e. The van der Waals surface area contributed by atoms with E-state index in [0.29, 0.717) is 22.3 Å². The lowest BCUT2D eigenvalue weighted by Crippen LogP contribution is -2.29. The maximum atomic E-state index is 12.3. The first-order chi connectivity index (χ1) is 12.5. The van der Waals surface area contributed by atoms with E-state index in [2.05, 4.69) is 0 Å². The Balaban J connectivity index is 1.78. The van der Waals surface area contributed by atoms with Crippen LogP contribution in [0.1, 0.15) is 41.4 Å². The Morgan fingerprint density at radius 1 is 0.577 bits per heavy atom. The molecule has 0 atom stereocenters. The third-order valence-electron chi connectivity index (χ3n) is 4.64. The molecule has 0 saturated carbocycles. The van der Waals surface area contributed by atoms with Gasteiger partial charge in [0.05, 0.1) is 22.3 Å². The zero-order valence-corrected chi connectivity index (χ0v) is 13.6. The molecule has 0 saturated heterocycles. The zero-order valence-electron chi connectivity index (χ0n) is 13.6. The lowest BCUT2D eigenvalue weighted by molar-refractivity contribution is 0.0655. The van der Waals surface area contributed by atoms with Gasteiger partial charge in [0.15, 0.2) is 0 Å². The van der Waals surface area contributed by atoms with Crippen LogP contribution in [-0.2, 0) is 0 Å². The van der Waals surface area contributed by atoms with Crippen molar-refractivity contribution in [1.82, 2.24) is 9.80 Å². The highest BCUT2D eigenvalue weighted by molar-refractivity contribution is 6.23. The maximum Gasteiger partial charge on any atom is 0.261 e. The Bertz CT molecular complexity index is 927. The summed E-state index contributed by atoms with van der Waals surface area (Å²) < 4.78 is 0. The van der Waals surface area contributed by atoms with Crippen molar-refractivity contribution >= 4 is 23.6 Å². The Morgan fingerprint density at radius 2 is 0.923 bits per heavy atom. The van der Waals surface area contributed by atoms with Crippen LogP contribution in [0.2, 0.25) is 0 Å². The lowest BCUT2D eigenvalue weighted by Gasteiger charge is -2.08. The maximum absolute atomic E-state index is 12.3. The molecular formula is C20H12N2O4. The first kappa shape index (κ1) is 16.2. The average Bonchev–Trinajstić information content (AvgIpc) is 3.05. The Hall–Kier alpha value is -3.28. The van der Waals surface area contributed by atoms with Gasteiger partial charge in [0, 0.05) is 13.1 Å². The summed E-state index contributed by atoms with van der Waals surface area (Å²) in [7, 11) is 0. The predicted octanol–water partition coefficient (Wildman–Crippen LogP) is 1.97. The molecule has 2 aliphatic heterocycles. The van der Waals surface area contributed by atoms with Crippen molar-refractivity contribution in [3.05, 3.63) is 72.5 Å². The van der Waals surface area contributed by atoms with Gasteiger partial charge >= 0.3 is 0 Å². The number of amides is 4. The van der Waals surface area contributed by atoms with Crippen LogP contribution < -0.4 is 0 Å². The molecule has 4 amide bonds. The SMILES string of the molecule is [CH]CN1C(=O)c2ccc(-c3ccc4c(c3)C(=O)N(C[CH])C4=O)cc2C1=O. The van der Waals surface area contributed by atoms with Crippen molar-refractivity contribution in [3.63, 3.8) is 0 Å². The van der Waals surface area contributed by atoms with Gasteiger partial charge in [-0.1, -0.05) is 12.1 Å². The Morgan fingerprint density at radius 3 is 1.27 bits per heavy atom. The van der Waals surface area contributed by atoms with Gasteiger partial charge in [-0.25, -0.2) is 0 Å². The fourth-order valence-electron chi connectivity index (χ4n) is 3.27. The molecule has 2 aromatic carbocycles. The average molecular weight is 344 g/mol. The summed E-state index contributed by atoms with van der Waals surface area (Å²) in [6.45, 7) is 10.5. The highest BCUT2D eigenvalue weighted by atomic mass is 16.2. The smallest absolute Gasteiger partial charge is 0.261 e. The molecular weight excluding hydrogens is 332 g/mol. The fourth-order valence-corrected chi connectivity index (χ4v) is 3.27. The molecule has 126 valence electrons. The second kappa shape index (κ2) is 5.62. The van der Waals surface area contributed by atoms with Gasteiger partial charge in [-0.3, -0.25) is 29.0 Å². The lowest BCUT2D eigenvalue weighted by atomic mass is 9.97. The van der Waals surface area contributed by atoms with Crippen LogP contribution >= 0.6 is 0 Å². The highest BCUT2D eigenvalue weighted by Gasteiger charge is 2.36. The molecule has 0 unspecified atom stereocenters. The van der Waals surface area contributed by atoms with E-state index in [1.54, 1.807) is 36.4 Å². The van der Waals surface area contributed by atoms with Gasteiger partial charge in [0.1, 0.15) is 0 Å². The second-order valence-corrected chi connectivity index (χ2v) is 5.96. The number of fused-ring (bicyclic) bond motifs is 2. The molecule has 4 radical (unpaired) electrons. The summed E-state index contributed by atoms with van der Waals surface area (Å²) in [6.07, 6.45) is 0. The number of rotatable bonds is 3. The van der Waals surface area contributed by atoms with E-state index in [1.807, 2.05) is 0 Å². The minimum absolute atomic E-state index is 0.188. The van der Waals surface area contributed by atoms with E-state index < -0.39 is 23.6 Å². The van der Waals surface area contributed by atoms with Crippen molar-refractivity contribution in [2.45, 2.75) is 0 Å². The second-order valence-electron chi connectivity index (χ2n) is 5.96. The molecule has 2 heterocycles. The Kier molecular flexibility index (Phi) is 3.50. The molecule has 4 rings (SSSR count). The molecule has 2 aromatic rings. The van der Waals surface area contributed by atoms with E-state index in [9.17, 15) is 19.2 Å². The van der Waals surface area contributed by atoms with Gasteiger partial charge in [-0.15, -0.1) is 0 Å². The first-order valence-electron chi connectivity index (χ1n) is 7.89. The molecule has 0 N–H and O–H groups in total. The zero-order chi connectivity index (χ0) is 18.6. The van der Waals surface area contributed by atoms with E-state index >= 15 is 0 Å². The molecule has 26 heavy (non-hydrogen) atoms. The third-order valence-corrected chi connectivity index (χ3v) is 4.64. The van der Waals surface area contributed by atoms with Crippen LogP contribution in [0.15, 0.2) is 36.4 Å². The van der Waals surface area contributed by atoms with Crippen LogP contribution in [0.25, 0.3) is 11.1 Å². The predicted molar refractivity (Wildman–Crippen MR) is 91.2 cm³/mol. The van der Waals surface area contributed by atoms with Crippen LogP contribution in [-0.4, -0.2) is 46.5 Å². The van der Waals surface area contributed by atoms with Crippen molar-refractivity contribution in [1.29, 1.82) is 0 Å². The Labute approximate surface area is 150 Å². The quantitative estimate of drug-likeness (QED) is 0.798. The van der Waals surface area contributed by atoms with E-state index in [-0.39, 0.29) is 24.2 Å². The van der Waals surface area contributed by atoms with Gasteiger partial charge in [0.2, 0.25) is 0 Å². The highest BCUT2D eigenvalue weighted by Crippen LogP contribution is 2.31. The van der Waals surface area contributed by atoms with E-state index in [0.717, 1.165) is 9.80 Å². The summed E-state index contributed by atoms with van der Waals surface area (Å²) in [4.78, 5) is 50.8. The topological polar surface area (TPSA) is 74.8 Å². The fraction of sp³-hybridized carbons (Fsp3) is 0.100. The van der Waals surface area contributed by atoms with Crippen molar-refractivity contribution in [2.24, 2.45) is 0 Å². The summed E-state index contributed by atoms with van der Waals surface area (Å²) in [6, 6.07) is 9.69. The molecule has 6 nitrogen and oxygen atoms in total. The normalized spacial score (nSPS) is 15.8. The number of carbonyl (C=O) groups excluding carboxylic acids is 4. The number of benzene rings is 2. The standard InChI is InChI=1S/C20H12N2O4/c1-3-21-17(23)13-7-5-11(9-15(13)19(21)25)12-6-8-14-16(10-12)20(26)22(4-2)18(14)24/h1-2,5-10H,3-4H2. The monoisotopic (exact) mass is 344 g/mol. The summed E-state index contributed by atoms with van der Waals surface area (Å²) in [5.41, 5.74) is 2.43. The molecule has 0 aliphatic carbocycles. The molecule has 0 spiro atoms. The number of hydrogen-bond acceptors (Lipinski definition) is 4. The van der Waals surface area contributed by atoms with Crippen molar-refractivity contribution in [3.8, 4) is 11.1 Å². The van der Waals surface area contributed by atoms with Gasteiger partial charge < -0.3 is 0 Å². The molecule has 2 aliphatic rings. The van der Waals surface area contributed by atoms with Gasteiger partial charge in [-0.05, 0) is 49.2 Å². The summed E-state index contributed by atoms with van der Waals surface area (Å²) in [5.74, 6) is -1.74. The van der Waals surface area contributed by atoms with E-state index in [4.69, 9.17) is 13.8 Å². The van der Waals surface area contributed by atoms with Crippen LogP contribution in [0.3, 0.4) is 0 Å². The largest absolute Gasteiger partial charge is 0.274 e. The number of nitrogens with zero attached hydrogens (tertiary/aromatic N) is 2. The number of hydrogen-bond donors (Lipinski definition) is 0. The first-order valence-corrected chi connectivity index (χ1v) is 7.89. The van der Waals surface area contributed by atoms with E-state index in [1.165, 1.54) is 0 Å². The summed E-state index contributed by atoms with van der Waals surface area (Å²) >= 11 is 0. The van der Waals surface area contributed by atoms with Gasteiger partial charge in [0.25, 0.3) is 23.6 Å². The molecule has 0 fully saturated rings. The summed E-state index contributed by atoms with van der Waals surface area (Å²) in [5, 5.41) is 0. The van der Waals surface area contributed by atoms with Gasteiger partial charge in [-0.2, -0.15) is 0 Å². The minimum atomic E-state index is -0.448. The molecule has 6 heteroatoms. The van der Waals surface area contributed by atoms with Crippen molar-refractivity contribution < 1.29 is 19.2 Å². The van der Waals surface area contributed by atoms with Crippen LogP contribution in [0.5, 0.6) is 0 Å². The number of carbonyl (C=O) groups is 4. The number of imide groups is 2. The molecule has 0 bridgehead atoms. The molecule has 0 aromatic heterocycles. The van der Waals surface area contributed by atoms with Crippen LogP contribution in [0, 0.1) is 13.8 Å².